The first-order valence-electron chi connectivity index (χ1n) is 7.20. The van der Waals surface area contributed by atoms with Crippen LogP contribution >= 0.6 is 11.8 Å². The zero-order chi connectivity index (χ0) is 14.8. The van der Waals surface area contributed by atoms with Crippen molar-refractivity contribution in [2.75, 3.05) is 24.2 Å². The highest BCUT2D eigenvalue weighted by atomic mass is 32.2. The van der Waals surface area contributed by atoms with Crippen LogP contribution in [0, 0.1) is 11.6 Å². The lowest BCUT2D eigenvalue weighted by atomic mass is 10.1. The zero-order valence-corrected chi connectivity index (χ0v) is 12.8. The fourth-order valence-corrected chi connectivity index (χ4v) is 3.69. The first kappa shape index (κ1) is 14.6. The van der Waals surface area contributed by atoms with Gasteiger partial charge in [0.15, 0.2) is 5.82 Å². The van der Waals surface area contributed by atoms with E-state index in [-0.39, 0.29) is 5.52 Å². The molecule has 112 valence electrons. The molecular weight excluding hydrogens is 290 g/mol. The highest BCUT2D eigenvalue weighted by Crippen LogP contribution is 2.31. The van der Waals surface area contributed by atoms with Crippen molar-refractivity contribution >= 4 is 28.4 Å². The van der Waals surface area contributed by atoms with Gasteiger partial charge in [-0.15, -0.1) is 0 Å². The molecule has 3 rings (SSSR count). The van der Waals surface area contributed by atoms with E-state index in [1.807, 2.05) is 17.8 Å². The van der Waals surface area contributed by atoms with Crippen molar-refractivity contribution in [1.29, 1.82) is 0 Å². The SMILES string of the molecule is CSC1CCCCN(c2ccnc3c(F)cc(F)cc23)C1. The summed E-state index contributed by atoms with van der Waals surface area (Å²) in [5, 5.41) is 1.13. The largest absolute Gasteiger partial charge is 0.370 e. The van der Waals surface area contributed by atoms with E-state index in [4.69, 9.17) is 0 Å². The minimum atomic E-state index is -0.594. The maximum atomic E-state index is 13.9. The summed E-state index contributed by atoms with van der Waals surface area (Å²) in [5.74, 6) is -1.14. The number of hydrogen-bond donors (Lipinski definition) is 0. The van der Waals surface area contributed by atoms with Gasteiger partial charge in [0, 0.05) is 41.7 Å². The number of fused-ring (bicyclic) bond motifs is 1. The normalized spacial score (nSPS) is 19.8. The van der Waals surface area contributed by atoms with E-state index >= 15 is 0 Å². The zero-order valence-electron chi connectivity index (χ0n) is 12.0. The third-order valence-corrected chi connectivity index (χ3v) is 5.09. The van der Waals surface area contributed by atoms with E-state index in [0.717, 1.165) is 31.3 Å². The van der Waals surface area contributed by atoms with Gasteiger partial charge in [-0.1, -0.05) is 6.42 Å². The van der Waals surface area contributed by atoms with Crippen LogP contribution in [0.4, 0.5) is 14.5 Å². The molecule has 1 unspecified atom stereocenters. The third kappa shape index (κ3) is 2.98. The second-order valence-electron chi connectivity index (χ2n) is 5.41. The van der Waals surface area contributed by atoms with Crippen LogP contribution in [0.3, 0.4) is 0 Å². The Bertz CT molecular complexity index is 647. The van der Waals surface area contributed by atoms with Gasteiger partial charge in [0.05, 0.1) is 0 Å². The van der Waals surface area contributed by atoms with Crippen molar-refractivity contribution in [1.82, 2.24) is 4.98 Å². The number of benzene rings is 1. The van der Waals surface area contributed by atoms with Crippen molar-refractivity contribution in [2.24, 2.45) is 0 Å². The lowest BCUT2D eigenvalue weighted by Crippen LogP contribution is -2.29. The fraction of sp³-hybridized carbons (Fsp3) is 0.438. The van der Waals surface area contributed by atoms with Gasteiger partial charge in [0.1, 0.15) is 11.3 Å². The molecule has 0 aliphatic carbocycles. The number of halogens is 2. The highest BCUT2D eigenvalue weighted by Gasteiger charge is 2.20. The average molecular weight is 308 g/mol. The van der Waals surface area contributed by atoms with Crippen LogP contribution in [0.25, 0.3) is 10.9 Å². The second kappa shape index (κ2) is 6.18. The first-order valence-corrected chi connectivity index (χ1v) is 8.49. The van der Waals surface area contributed by atoms with Gasteiger partial charge in [-0.2, -0.15) is 11.8 Å². The molecule has 0 saturated carbocycles. The summed E-state index contributed by atoms with van der Waals surface area (Å²) in [5.41, 5.74) is 1.14. The van der Waals surface area contributed by atoms with Crippen molar-refractivity contribution in [3.63, 3.8) is 0 Å². The van der Waals surface area contributed by atoms with Crippen molar-refractivity contribution in [3.05, 3.63) is 36.0 Å². The van der Waals surface area contributed by atoms with E-state index in [9.17, 15) is 8.78 Å². The number of hydrogen-bond acceptors (Lipinski definition) is 3. The number of aromatic nitrogens is 1. The van der Waals surface area contributed by atoms with Crippen LogP contribution < -0.4 is 4.90 Å². The predicted molar refractivity (Wildman–Crippen MR) is 85.0 cm³/mol. The van der Waals surface area contributed by atoms with E-state index in [1.54, 1.807) is 6.20 Å². The van der Waals surface area contributed by atoms with Crippen LogP contribution in [0.15, 0.2) is 24.4 Å². The number of nitrogens with zero attached hydrogens (tertiary/aromatic N) is 2. The molecule has 2 heterocycles. The molecule has 21 heavy (non-hydrogen) atoms. The number of anilines is 1. The fourth-order valence-electron chi connectivity index (χ4n) is 2.95. The molecule has 0 amide bonds. The van der Waals surface area contributed by atoms with E-state index < -0.39 is 11.6 Å². The number of rotatable bonds is 2. The predicted octanol–water partition coefficient (Wildman–Crippen LogP) is 4.23. The lowest BCUT2D eigenvalue weighted by Gasteiger charge is -2.27. The number of thioether (sulfide) groups is 1. The van der Waals surface area contributed by atoms with Crippen molar-refractivity contribution in [2.45, 2.75) is 24.5 Å². The standard InChI is InChI=1S/C16H18F2N2S/c1-21-12-4-2-3-7-20(10-12)15-5-6-19-16-13(15)8-11(17)9-14(16)18/h5-6,8-9,12H,2-4,7,10H2,1H3. The first-order chi connectivity index (χ1) is 10.2. The maximum absolute atomic E-state index is 13.9. The molecule has 1 aliphatic heterocycles. The topological polar surface area (TPSA) is 16.1 Å². The molecule has 0 radical (unpaired) electrons. The summed E-state index contributed by atoms with van der Waals surface area (Å²) >= 11 is 1.86. The van der Waals surface area contributed by atoms with Gasteiger partial charge in [-0.25, -0.2) is 8.78 Å². The van der Waals surface area contributed by atoms with Gasteiger partial charge in [0.25, 0.3) is 0 Å². The molecule has 2 nitrogen and oxygen atoms in total. The third-order valence-electron chi connectivity index (χ3n) is 4.04. The summed E-state index contributed by atoms with van der Waals surface area (Å²) in [6.07, 6.45) is 7.24. The Kier molecular flexibility index (Phi) is 4.29. The van der Waals surface area contributed by atoms with Crippen molar-refractivity contribution in [3.8, 4) is 0 Å². The van der Waals surface area contributed by atoms with Crippen LogP contribution in [-0.4, -0.2) is 29.6 Å². The minimum Gasteiger partial charge on any atom is -0.370 e. The Morgan fingerprint density at radius 1 is 1.29 bits per heavy atom. The molecule has 0 N–H and O–H groups in total. The Morgan fingerprint density at radius 2 is 2.14 bits per heavy atom. The molecule has 1 atom stereocenters. The monoisotopic (exact) mass is 308 g/mol. The molecule has 0 bridgehead atoms. The van der Waals surface area contributed by atoms with Crippen molar-refractivity contribution < 1.29 is 8.78 Å². The van der Waals surface area contributed by atoms with Gasteiger partial charge in [-0.3, -0.25) is 4.98 Å². The molecule has 5 heteroatoms. The highest BCUT2D eigenvalue weighted by molar-refractivity contribution is 7.99. The van der Waals surface area contributed by atoms with Gasteiger partial charge >= 0.3 is 0 Å². The molecule has 0 spiro atoms. The minimum absolute atomic E-state index is 0.249. The van der Waals surface area contributed by atoms with E-state index in [0.29, 0.717) is 10.6 Å². The summed E-state index contributed by atoms with van der Waals surface area (Å²) in [4.78, 5) is 6.31. The average Bonchev–Trinajstić information content (AvgIpc) is 2.72. The summed E-state index contributed by atoms with van der Waals surface area (Å²) in [7, 11) is 0. The Hall–Kier alpha value is -1.36. The second-order valence-corrected chi connectivity index (χ2v) is 6.55. The molecule has 2 aromatic rings. The summed E-state index contributed by atoms with van der Waals surface area (Å²) < 4.78 is 27.5. The molecule has 1 fully saturated rings. The molecule has 1 saturated heterocycles. The number of pyridine rings is 1. The molecule has 1 aromatic heterocycles. The van der Waals surface area contributed by atoms with Crippen LogP contribution in [0.5, 0.6) is 0 Å². The van der Waals surface area contributed by atoms with Crippen LogP contribution in [0.2, 0.25) is 0 Å². The van der Waals surface area contributed by atoms with Gasteiger partial charge in [-0.05, 0) is 31.2 Å². The van der Waals surface area contributed by atoms with E-state index in [1.165, 1.54) is 18.9 Å². The molecule has 1 aromatic carbocycles. The van der Waals surface area contributed by atoms with Gasteiger partial charge < -0.3 is 4.90 Å². The Labute approximate surface area is 127 Å². The smallest absolute Gasteiger partial charge is 0.152 e. The summed E-state index contributed by atoms with van der Waals surface area (Å²) in [6, 6.07) is 4.15. The molecule has 1 aliphatic rings. The summed E-state index contributed by atoms with van der Waals surface area (Å²) in [6.45, 7) is 1.84. The lowest BCUT2D eigenvalue weighted by molar-refractivity contribution is 0.590. The van der Waals surface area contributed by atoms with Crippen LogP contribution in [0.1, 0.15) is 19.3 Å². The van der Waals surface area contributed by atoms with Crippen LogP contribution in [-0.2, 0) is 0 Å². The van der Waals surface area contributed by atoms with E-state index in [2.05, 4.69) is 16.1 Å². The quantitative estimate of drug-likeness (QED) is 0.826. The van der Waals surface area contributed by atoms with Gasteiger partial charge in [0.2, 0.25) is 0 Å². The molecular formula is C16H18F2N2S. The Morgan fingerprint density at radius 3 is 2.95 bits per heavy atom. The maximum Gasteiger partial charge on any atom is 0.152 e. The Balaban J connectivity index is 2.06.